The standard InChI is InChI=1S/C7H12N4O2S/c1-3-5-9-6(4-14(2,12)13)11-7(8)10-5/h3-4H2,1-2H3,(H2,8,9,10,11). The molecule has 1 aromatic rings. The molecule has 6 nitrogen and oxygen atoms in total. The van der Waals surface area contributed by atoms with Gasteiger partial charge < -0.3 is 5.73 Å². The molecule has 14 heavy (non-hydrogen) atoms. The van der Waals surface area contributed by atoms with Gasteiger partial charge >= 0.3 is 0 Å². The number of anilines is 1. The van der Waals surface area contributed by atoms with E-state index in [0.29, 0.717) is 12.2 Å². The maximum Gasteiger partial charge on any atom is 0.223 e. The predicted octanol–water partition coefficient (Wildman–Crippen LogP) is -0.439. The summed E-state index contributed by atoms with van der Waals surface area (Å²) in [4.78, 5) is 11.5. The topological polar surface area (TPSA) is 98.8 Å². The van der Waals surface area contributed by atoms with Crippen LogP contribution in [0.25, 0.3) is 0 Å². The van der Waals surface area contributed by atoms with Crippen molar-refractivity contribution in [3.63, 3.8) is 0 Å². The fraction of sp³-hybridized carbons (Fsp3) is 0.571. The molecule has 1 aromatic heterocycles. The van der Waals surface area contributed by atoms with Crippen LogP contribution in [0.5, 0.6) is 0 Å². The van der Waals surface area contributed by atoms with Crippen molar-refractivity contribution >= 4 is 15.8 Å². The summed E-state index contributed by atoms with van der Waals surface area (Å²) in [5.41, 5.74) is 5.40. The van der Waals surface area contributed by atoms with E-state index < -0.39 is 9.84 Å². The predicted molar refractivity (Wildman–Crippen MR) is 52.2 cm³/mol. The van der Waals surface area contributed by atoms with E-state index in [0.717, 1.165) is 6.26 Å². The second-order valence-corrected chi connectivity index (χ2v) is 5.09. The molecule has 0 aliphatic heterocycles. The third-order valence-corrected chi connectivity index (χ3v) is 2.24. The van der Waals surface area contributed by atoms with Gasteiger partial charge in [-0.2, -0.15) is 9.97 Å². The molecule has 2 N–H and O–H groups in total. The summed E-state index contributed by atoms with van der Waals surface area (Å²) < 4.78 is 21.9. The number of hydrogen-bond acceptors (Lipinski definition) is 6. The molecule has 0 atom stereocenters. The van der Waals surface area contributed by atoms with Crippen LogP contribution in [-0.2, 0) is 22.0 Å². The molecule has 1 rings (SSSR count). The summed E-state index contributed by atoms with van der Waals surface area (Å²) in [5.74, 6) is 0.579. The zero-order valence-electron chi connectivity index (χ0n) is 8.06. The average molecular weight is 216 g/mol. The van der Waals surface area contributed by atoms with Gasteiger partial charge in [0.2, 0.25) is 5.95 Å². The van der Waals surface area contributed by atoms with Crippen molar-refractivity contribution in [1.82, 2.24) is 15.0 Å². The minimum atomic E-state index is -3.13. The quantitative estimate of drug-likeness (QED) is 0.735. The molecule has 0 radical (unpaired) electrons. The van der Waals surface area contributed by atoms with Crippen molar-refractivity contribution in [2.45, 2.75) is 19.1 Å². The second kappa shape index (κ2) is 3.87. The zero-order valence-corrected chi connectivity index (χ0v) is 8.87. The van der Waals surface area contributed by atoms with Crippen LogP contribution in [0.3, 0.4) is 0 Å². The van der Waals surface area contributed by atoms with Gasteiger partial charge in [-0.1, -0.05) is 6.92 Å². The first-order valence-corrected chi connectivity index (χ1v) is 6.14. The lowest BCUT2D eigenvalue weighted by atomic mass is 10.4. The number of sulfone groups is 1. The number of nitrogen functional groups attached to an aromatic ring is 1. The van der Waals surface area contributed by atoms with Crippen LogP contribution in [-0.4, -0.2) is 29.6 Å². The number of aromatic nitrogens is 3. The average Bonchev–Trinajstić information content (AvgIpc) is 1.99. The molecule has 1 heterocycles. The van der Waals surface area contributed by atoms with Crippen LogP contribution in [0.1, 0.15) is 18.6 Å². The summed E-state index contributed by atoms with van der Waals surface area (Å²) in [6.45, 7) is 1.86. The minimum absolute atomic E-state index is 0.0653. The van der Waals surface area contributed by atoms with E-state index in [1.165, 1.54) is 0 Å². The SMILES string of the molecule is CCc1nc(N)nc(CS(C)(=O)=O)n1. The van der Waals surface area contributed by atoms with Crippen molar-refractivity contribution in [3.05, 3.63) is 11.6 Å². The first kappa shape index (κ1) is 10.8. The van der Waals surface area contributed by atoms with Gasteiger partial charge in [0.15, 0.2) is 9.84 Å². The van der Waals surface area contributed by atoms with E-state index in [2.05, 4.69) is 15.0 Å². The van der Waals surface area contributed by atoms with E-state index in [1.807, 2.05) is 6.92 Å². The Morgan fingerprint density at radius 1 is 1.21 bits per heavy atom. The normalized spacial score (nSPS) is 11.6. The number of aryl methyl sites for hydroxylation is 1. The van der Waals surface area contributed by atoms with Crippen LogP contribution in [0.15, 0.2) is 0 Å². The molecule has 0 fully saturated rings. The molecule has 0 amide bonds. The fourth-order valence-corrected chi connectivity index (χ4v) is 1.54. The first-order valence-electron chi connectivity index (χ1n) is 4.07. The van der Waals surface area contributed by atoms with Crippen LogP contribution < -0.4 is 5.73 Å². The van der Waals surface area contributed by atoms with Crippen LogP contribution in [0.2, 0.25) is 0 Å². The Labute approximate surface area is 82.5 Å². The van der Waals surface area contributed by atoms with Crippen molar-refractivity contribution in [2.24, 2.45) is 0 Å². The third kappa shape index (κ3) is 3.25. The maximum absolute atomic E-state index is 11.0. The van der Waals surface area contributed by atoms with Gasteiger partial charge in [0.05, 0.1) is 0 Å². The molecule has 0 saturated heterocycles. The molecular formula is C7H12N4O2S. The second-order valence-electron chi connectivity index (χ2n) is 2.95. The lowest BCUT2D eigenvalue weighted by Crippen LogP contribution is -2.10. The van der Waals surface area contributed by atoms with Crippen molar-refractivity contribution in [2.75, 3.05) is 12.0 Å². The lowest BCUT2D eigenvalue weighted by molar-refractivity contribution is 0.599. The number of nitrogens with two attached hydrogens (primary N) is 1. The highest BCUT2D eigenvalue weighted by Gasteiger charge is 2.09. The van der Waals surface area contributed by atoms with Gasteiger partial charge in [0.25, 0.3) is 0 Å². The summed E-state index contributed by atoms with van der Waals surface area (Å²) in [6.07, 6.45) is 1.72. The Morgan fingerprint density at radius 2 is 1.79 bits per heavy atom. The number of rotatable bonds is 3. The minimum Gasteiger partial charge on any atom is -0.368 e. The van der Waals surface area contributed by atoms with Crippen LogP contribution >= 0.6 is 0 Å². The Bertz CT molecular complexity index is 429. The Morgan fingerprint density at radius 3 is 2.29 bits per heavy atom. The van der Waals surface area contributed by atoms with Gasteiger partial charge in [0.1, 0.15) is 17.4 Å². The number of nitrogens with zero attached hydrogens (tertiary/aromatic N) is 3. The van der Waals surface area contributed by atoms with Gasteiger partial charge in [-0.25, -0.2) is 13.4 Å². The fourth-order valence-electron chi connectivity index (χ4n) is 0.946. The molecule has 0 aliphatic carbocycles. The van der Waals surface area contributed by atoms with E-state index in [9.17, 15) is 8.42 Å². The summed E-state index contributed by atoms with van der Waals surface area (Å²) >= 11 is 0. The highest BCUT2D eigenvalue weighted by Crippen LogP contribution is 2.02. The van der Waals surface area contributed by atoms with Gasteiger partial charge in [0, 0.05) is 12.7 Å². The van der Waals surface area contributed by atoms with Crippen molar-refractivity contribution in [3.8, 4) is 0 Å². The van der Waals surface area contributed by atoms with Crippen molar-refractivity contribution in [1.29, 1.82) is 0 Å². The third-order valence-electron chi connectivity index (χ3n) is 1.45. The van der Waals surface area contributed by atoms with Gasteiger partial charge in [-0.15, -0.1) is 0 Å². The molecule has 78 valence electrons. The molecule has 0 bridgehead atoms. The van der Waals surface area contributed by atoms with E-state index >= 15 is 0 Å². The van der Waals surface area contributed by atoms with E-state index in [4.69, 9.17) is 5.73 Å². The van der Waals surface area contributed by atoms with Gasteiger partial charge in [-0.3, -0.25) is 0 Å². The molecule has 0 aliphatic rings. The smallest absolute Gasteiger partial charge is 0.223 e. The molecule has 0 aromatic carbocycles. The lowest BCUT2D eigenvalue weighted by Gasteiger charge is -2.01. The monoisotopic (exact) mass is 216 g/mol. The molecule has 7 heteroatoms. The Balaban J connectivity index is 3.04. The van der Waals surface area contributed by atoms with Crippen molar-refractivity contribution < 1.29 is 8.42 Å². The van der Waals surface area contributed by atoms with E-state index in [1.54, 1.807) is 0 Å². The molecule has 0 unspecified atom stereocenters. The first-order chi connectivity index (χ1) is 6.40. The Kier molecular flexibility index (Phi) is 3.00. The molecule has 0 saturated carbocycles. The van der Waals surface area contributed by atoms with E-state index in [-0.39, 0.29) is 17.5 Å². The van der Waals surface area contributed by atoms with Crippen LogP contribution in [0, 0.1) is 0 Å². The summed E-state index contributed by atoms with van der Waals surface area (Å²) in [7, 11) is -3.13. The van der Waals surface area contributed by atoms with Crippen LogP contribution in [0.4, 0.5) is 5.95 Å². The molecule has 0 spiro atoms. The molecular weight excluding hydrogens is 204 g/mol. The zero-order chi connectivity index (χ0) is 10.8. The van der Waals surface area contributed by atoms with Gasteiger partial charge in [-0.05, 0) is 0 Å². The highest BCUT2D eigenvalue weighted by molar-refractivity contribution is 7.89. The Hall–Kier alpha value is -1.24. The summed E-state index contributed by atoms with van der Waals surface area (Å²) in [6, 6.07) is 0. The largest absolute Gasteiger partial charge is 0.368 e. The highest BCUT2D eigenvalue weighted by atomic mass is 32.2. The summed E-state index contributed by atoms with van der Waals surface area (Å²) in [5, 5.41) is 0. The maximum atomic E-state index is 11.0. The number of hydrogen-bond donors (Lipinski definition) is 1.